The van der Waals surface area contributed by atoms with E-state index in [1.54, 1.807) is 24.3 Å². The van der Waals surface area contributed by atoms with Gasteiger partial charge in [-0.25, -0.2) is 0 Å². The van der Waals surface area contributed by atoms with Gasteiger partial charge in [0, 0.05) is 4.47 Å². The molecule has 0 spiro atoms. The van der Waals surface area contributed by atoms with E-state index in [0.717, 1.165) is 10.0 Å². The molecule has 17 heavy (non-hydrogen) atoms. The summed E-state index contributed by atoms with van der Waals surface area (Å²) in [5, 5.41) is 19.5. The molecule has 2 rings (SSSR count). The molecular formula is C14H11BrO2. The molecule has 86 valence electrons. The fourth-order valence-corrected chi connectivity index (χ4v) is 1.84. The third kappa shape index (κ3) is 2.88. The van der Waals surface area contributed by atoms with Gasteiger partial charge in [-0.1, -0.05) is 46.3 Å². The molecule has 1 aromatic carbocycles. The maximum atomic E-state index is 9.87. The molecule has 2 N–H and O–H groups in total. The number of halogens is 1. The van der Waals surface area contributed by atoms with Crippen LogP contribution in [0.15, 0.2) is 64.7 Å². The van der Waals surface area contributed by atoms with E-state index in [1.807, 2.05) is 24.3 Å². The largest absolute Gasteiger partial charge is 0.507 e. The van der Waals surface area contributed by atoms with Gasteiger partial charge in [-0.3, -0.25) is 0 Å². The number of rotatable bonds is 2. The summed E-state index contributed by atoms with van der Waals surface area (Å²) in [5.74, 6) is 0.0860. The van der Waals surface area contributed by atoms with Crippen molar-refractivity contribution in [1.82, 2.24) is 0 Å². The van der Waals surface area contributed by atoms with Crippen molar-refractivity contribution in [2.45, 2.75) is 0 Å². The van der Waals surface area contributed by atoms with Gasteiger partial charge in [0.05, 0.1) is 5.56 Å². The van der Waals surface area contributed by atoms with Gasteiger partial charge in [0.25, 0.3) is 0 Å². The minimum absolute atomic E-state index is 0.0324. The normalized spacial score (nSPS) is 14.4. The van der Waals surface area contributed by atoms with E-state index in [2.05, 4.69) is 15.9 Å². The predicted molar refractivity (Wildman–Crippen MR) is 72.8 cm³/mol. The highest BCUT2D eigenvalue weighted by atomic mass is 79.9. The molecule has 0 heterocycles. The summed E-state index contributed by atoms with van der Waals surface area (Å²) in [5.41, 5.74) is 1.41. The smallest absolute Gasteiger partial charge is 0.126 e. The van der Waals surface area contributed by atoms with Crippen LogP contribution in [0, 0.1) is 0 Å². The van der Waals surface area contributed by atoms with E-state index in [0.29, 0.717) is 5.56 Å². The van der Waals surface area contributed by atoms with Gasteiger partial charge in [0.1, 0.15) is 11.5 Å². The first-order valence-corrected chi connectivity index (χ1v) is 5.91. The predicted octanol–water partition coefficient (Wildman–Crippen LogP) is 4.11. The van der Waals surface area contributed by atoms with Crippen LogP contribution >= 0.6 is 15.9 Å². The molecule has 1 aliphatic rings. The third-order valence-electron chi connectivity index (χ3n) is 2.36. The van der Waals surface area contributed by atoms with E-state index >= 15 is 0 Å². The third-order valence-corrected chi connectivity index (χ3v) is 2.85. The minimum atomic E-state index is 0.0324. The van der Waals surface area contributed by atoms with Crippen LogP contribution < -0.4 is 0 Å². The summed E-state index contributed by atoms with van der Waals surface area (Å²) in [6.45, 7) is 0. The lowest BCUT2D eigenvalue weighted by Crippen LogP contribution is -1.84. The van der Waals surface area contributed by atoms with Crippen molar-refractivity contribution in [3.63, 3.8) is 0 Å². The van der Waals surface area contributed by atoms with E-state index in [4.69, 9.17) is 0 Å². The first kappa shape index (κ1) is 11.7. The van der Waals surface area contributed by atoms with Gasteiger partial charge in [-0.2, -0.15) is 0 Å². The first-order valence-electron chi connectivity index (χ1n) is 5.11. The number of allylic oxidation sites excluding steroid dienone is 7. The average molecular weight is 291 g/mol. The minimum Gasteiger partial charge on any atom is -0.507 e. The number of aliphatic hydroxyl groups excluding tert-OH is 1. The standard InChI is InChI=1S/C14H11BrO2/c15-11-6-8-14(17)12(9-11)13(16)7-5-10-3-1-2-4-10/h1-9,16-17H/b13-7-. The van der Waals surface area contributed by atoms with Crippen LogP contribution in [-0.2, 0) is 0 Å². The number of aromatic hydroxyl groups is 1. The van der Waals surface area contributed by atoms with Crippen LogP contribution in [0.1, 0.15) is 5.56 Å². The number of hydrogen-bond donors (Lipinski definition) is 2. The van der Waals surface area contributed by atoms with Gasteiger partial charge in [0.15, 0.2) is 0 Å². The summed E-state index contributed by atoms with van der Waals surface area (Å²) < 4.78 is 0.804. The fourth-order valence-electron chi connectivity index (χ4n) is 1.48. The molecule has 0 saturated carbocycles. The molecule has 0 bridgehead atoms. The van der Waals surface area contributed by atoms with Crippen LogP contribution in [0.25, 0.3) is 5.76 Å². The Bertz CT molecular complexity index is 537. The van der Waals surface area contributed by atoms with Crippen molar-refractivity contribution >= 4 is 21.7 Å². The number of phenols is 1. The molecular weight excluding hydrogens is 280 g/mol. The van der Waals surface area contributed by atoms with Gasteiger partial charge in [-0.15, -0.1) is 0 Å². The summed E-state index contributed by atoms with van der Waals surface area (Å²) >= 11 is 3.29. The number of benzene rings is 1. The Morgan fingerprint density at radius 2 is 1.88 bits per heavy atom. The van der Waals surface area contributed by atoms with Gasteiger partial charge < -0.3 is 10.2 Å². The van der Waals surface area contributed by atoms with Crippen LogP contribution in [0.4, 0.5) is 0 Å². The van der Waals surface area contributed by atoms with Crippen molar-refractivity contribution in [3.05, 3.63) is 70.3 Å². The molecule has 3 heteroatoms. The van der Waals surface area contributed by atoms with Crippen molar-refractivity contribution in [1.29, 1.82) is 0 Å². The zero-order valence-electron chi connectivity index (χ0n) is 8.97. The van der Waals surface area contributed by atoms with Crippen LogP contribution in [0.2, 0.25) is 0 Å². The molecule has 1 aliphatic carbocycles. The highest BCUT2D eigenvalue weighted by molar-refractivity contribution is 9.10. The maximum absolute atomic E-state index is 9.87. The number of hydrogen-bond acceptors (Lipinski definition) is 2. The van der Waals surface area contributed by atoms with E-state index < -0.39 is 0 Å². The molecule has 0 fully saturated rings. The monoisotopic (exact) mass is 290 g/mol. The molecule has 0 aliphatic heterocycles. The Balaban J connectivity index is 2.30. The Kier molecular flexibility index (Phi) is 3.49. The second kappa shape index (κ2) is 5.06. The Labute approximate surface area is 108 Å². The number of aliphatic hydroxyl groups is 1. The lowest BCUT2D eigenvalue weighted by Gasteiger charge is -2.03. The Hall–Kier alpha value is -1.74. The van der Waals surface area contributed by atoms with Crippen molar-refractivity contribution in [2.75, 3.05) is 0 Å². The quantitative estimate of drug-likeness (QED) is 0.805. The van der Waals surface area contributed by atoms with Crippen molar-refractivity contribution < 1.29 is 10.2 Å². The molecule has 0 atom stereocenters. The number of phenolic OH excluding ortho intramolecular Hbond substituents is 1. The first-order chi connectivity index (χ1) is 8.16. The molecule has 0 amide bonds. The van der Waals surface area contributed by atoms with Gasteiger partial charge in [-0.05, 0) is 29.8 Å². The van der Waals surface area contributed by atoms with E-state index in [-0.39, 0.29) is 11.5 Å². The topological polar surface area (TPSA) is 40.5 Å². The fraction of sp³-hybridized carbons (Fsp3) is 0. The van der Waals surface area contributed by atoms with Gasteiger partial charge in [0.2, 0.25) is 0 Å². The van der Waals surface area contributed by atoms with Crippen LogP contribution in [-0.4, -0.2) is 10.2 Å². The average Bonchev–Trinajstić information content (AvgIpc) is 2.82. The van der Waals surface area contributed by atoms with Crippen LogP contribution in [0.5, 0.6) is 5.75 Å². The molecule has 2 nitrogen and oxygen atoms in total. The summed E-state index contributed by atoms with van der Waals surface area (Å²) in [4.78, 5) is 0. The zero-order chi connectivity index (χ0) is 12.3. The molecule has 0 radical (unpaired) electrons. The van der Waals surface area contributed by atoms with E-state index in [9.17, 15) is 10.2 Å². The molecule has 0 aromatic heterocycles. The lowest BCUT2D eigenvalue weighted by molar-refractivity contribution is 0.460. The second-order valence-electron chi connectivity index (χ2n) is 3.60. The van der Waals surface area contributed by atoms with Crippen molar-refractivity contribution in [2.24, 2.45) is 0 Å². The second-order valence-corrected chi connectivity index (χ2v) is 4.51. The molecule has 1 aromatic rings. The van der Waals surface area contributed by atoms with Crippen LogP contribution in [0.3, 0.4) is 0 Å². The summed E-state index contributed by atoms with van der Waals surface area (Å²) in [6.07, 6.45) is 11.1. The highest BCUT2D eigenvalue weighted by Gasteiger charge is 2.05. The summed E-state index contributed by atoms with van der Waals surface area (Å²) in [6, 6.07) is 4.92. The Morgan fingerprint density at radius 3 is 2.59 bits per heavy atom. The van der Waals surface area contributed by atoms with Gasteiger partial charge >= 0.3 is 0 Å². The summed E-state index contributed by atoms with van der Waals surface area (Å²) in [7, 11) is 0. The van der Waals surface area contributed by atoms with Crippen molar-refractivity contribution in [3.8, 4) is 5.75 Å². The lowest BCUT2D eigenvalue weighted by atomic mass is 10.1. The Morgan fingerprint density at radius 1 is 1.18 bits per heavy atom. The zero-order valence-corrected chi connectivity index (χ0v) is 10.6. The highest BCUT2D eigenvalue weighted by Crippen LogP contribution is 2.27. The SMILES string of the molecule is O/C(=C\C=C1C=CC=C1)c1cc(Br)ccc1O. The van der Waals surface area contributed by atoms with E-state index in [1.165, 1.54) is 6.07 Å². The maximum Gasteiger partial charge on any atom is 0.126 e. The molecule has 0 unspecified atom stereocenters. The molecule has 0 saturated heterocycles.